The molecule has 0 N–H and O–H groups in total. The van der Waals surface area contributed by atoms with E-state index in [1.165, 1.54) is 0 Å². The molecule has 0 atom stereocenters. The van der Waals surface area contributed by atoms with E-state index in [1.807, 2.05) is 41.5 Å². The summed E-state index contributed by atoms with van der Waals surface area (Å²) < 4.78 is 22.0. The summed E-state index contributed by atoms with van der Waals surface area (Å²) in [7, 11) is 0. The van der Waals surface area contributed by atoms with Crippen molar-refractivity contribution in [1.82, 2.24) is 0 Å². The fourth-order valence-corrected chi connectivity index (χ4v) is 4.28. The van der Waals surface area contributed by atoms with E-state index in [1.54, 1.807) is 13.8 Å². The van der Waals surface area contributed by atoms with Crippen LogP contribution < -0.4 is 0 Å². The standard InChI is InChI=1S/C11H22O2.C3H7O.O.Ti/c1-7(2)11(8(3)4,9(5)6)10(12)13;1-3(2)4;;/h7-9H,1-6H3,(H,12,13);3H,1-2H3;;/q;-1;;+2/p-1. The first-order chi connectivity index (χ1) is 8.56. The van der Waals surface area contributed by atoms with E-state index in [4.69, 9.17) is 6.64 Å². The van der Waals surface area contributed by atoms with Crippen LogP contribution >= 0.6 is 0 Å². The summed E-state index contributed by atoms with van der Waals surface area (Å²) in [6.45, 7) is 15.6. The van der Waals surface area contributed by atoms with Crippen molar-refractivity contribution in [3.63, 3.8) is 0 Å². The molecule has 0 saturated heterocycles. The Morgan fingerprint density at radius 1 is 0.895 bits per heavy atom. The zero-order valence-corrected chi connectivity index (χ0v) is 15.0. The van der Waals surface area contributed by atoms with Gasteiger partial charge < -0.3 is 0 Å². The van der Waals surface area contributed by atoms with Gasteiger partial charge in [0.25, 0.3) is 0 Å². The Bertz CT molecular complexity index is 300. The predicted octanol–water partition coefficient (Wildman–Crippen LogP) is 3.70. The van der Waals surface area contributed by atoms with Crippen LogP contribution in [0.25, 0.3) is 0 Å². The topological polar surface area (TPSA) is 52.6 Å². The van der Waals surface area contributed by atoms with Gasteiger partial charge in [-0.15, -0.1) is 0 Å². The molecule has 112 valence electrons. The normalized spacial score (nSPS) is 12.6. The molecular weight excluding hydrogens is 280 g/mol. The van der Waals surface area contributed by atoms with Crippen LogP contribution in [0.4, 0.5) is 0 Å². The van der Waals surface area contributed by atoms with E-state index >= 15 is 0 Å². The zero-order chi connectivity index (χ0) is 15.4. The van der Waals surface area contributed by atoms with Crippen LogP contribution in [-0.4, -0.2) is 12.1 Å². The summed E-state index contributed by atoms with van der Waals surface area (Å²) in [6, 6.07) is 0. The van der Waals surface area contributed by atoms with Gasteiger partial charge >= 0.3 is 124 Å². The third kappa shape index (κ3) is 4.47. The van der Waals surface area contributed by atoms with Crippen LogP contribution in [-0.2, 0) is 33.4 Å². The average molecular weight is 308 g/mol. The molecule has 5 heteroatoms. The number of carbonyl (C=O) groups excluding carboxylic acids is 1. The summed E-state index contributed by atoms with van der Waals surface area (Å²) >= 11 is -3.42. The quantitative estimate of drug-likeness (QED) is 0.673. The van der Waals surface area contributed by atoms with Crippen LogP contribution in [0.2, 0.25) is 0 Å². The van der Waals surface area contributed by atoms with Crippen molar-refractivity contribution in [2.24, 2.45) is 23.2 Å². The minimum atomic E-state index is -3.42. The Labute approximate surface area is 124 Å². The van der Waals surface area contributed by atoms with Crippen LogP contribution in [0, 0.1) is 23.2 Å². The molecule has 0 heterocycles. The second kappa shape index (κ2) is 7.65. The molecule has 0 aliphatic heterocycles. The molecule has 0 aliphatic carbocycles. The Hall–Kier alpha value is -0.0557. The molecule has 0 amide bonds. The van der Waals surface area contributed by atoms with E-state index < -0.39 is 24.0 Å². The predicted molar refractivity (Wildman–Crippen MR) is 69.9 cm³/mol. The van der Waals surface area contributed by atoms with Gasteiger partial charge in [-0.1, -0.05) is 0 Å². The van der Waals surface area contributed by atoms with Gasteiger partial charge in [-0.3, -0.25) is 0 Å². The SMILES string of the molecule is CC(C)[O][Ti](=[O])[O]C(=O)C(C(C)C)(C(C)C)C(C)C. The van der Waals surface area contributed by atoms with Gasteiger partial charge in [0.05, 0.1) is 0 Å². The number of hydrogen-bond donors (Lipinski definition) is 0. The summed E-state index contributed by atoms with van der Waals surface area (Å²) in [5, 5.41) is 0. The number of hydrogen-bond acceptors (Lipinski definition) is 4. The second-order valence-electron chi connectivity index (χ2n) is 6.20. The van der Waals surface area contributed by atoms with Gasteiger partial charge in [-0.05, 0) is 0 Å². The summed E-state index contributed by atoms with van der Waals surface area (Å²) in [5.41, 5.74) is -0.622. The zero-order valence-electron chi connectivity index (χ0n) is 13.4. The summed E-state index contributed by atoms with van der Waals surface area (Å²) in [4.78, 5) is 12.5. The van der Waals surface area contributed by atoms with Crippen LogP contribution in [0.1, 0.15) is 55.4 Å². The molecule has 0 aromatic heterocycles. The Kier molecular flexibility index (Phi) is 7.63. The molecular formula is C14H28O4Ti. The minimum absolute atomic E-state index is 0.116. The third-order valence-electron chi connectivity index (χ3n) is 3.73. The summed E-state index contributed by atoms with van der Waals surface area (Å²) in [5.74, 6) is -0.0294. The molecule has 0 aromatic rings. The van der Waals surface area contributed by atoms with E-state index in [0.717, 1.165) is 0 Å². The van der Waals surface area contributed by atoms with E-state index in [2.05, 4.69) is 0 Å². The summed E-state index contributed by atoms with van der Waals surface area (Å²) in [6.07, 6.45) is -0.188. The molecule has 0 unspecified atom stereocenters. The van der Waals surface area contributed by atoms with Gasteiger partial charge in [0.1, 0.15) is 0 Å². The van der Waals surface area contributed by atoms with Crippen molar-refractivity contribution in [2.75, 3.05) is 0 Å². The molecule has 0 fully saturated rings. The molecule has 0 spiro atoms. The monoisotopic (exact) mass is 308 g/mol. The number of rotatable bonds is 7. The van der Waals surface area contributed by atoms with Gasteiger partial charge in [0.15, 0.2) is 0 Å². The Balaban J connectivity index is 5.19. The Morgan fingerprint density at radius 2 is 1.26 bits per heavy atom. The van der Waals surface area contributed by atoms with Crippen LogP contribution in [0.15, 0.2) is 0 Å². The van der Waals surface area contributed by atoms with Crippen molar-refractivity contribution in [3.8, 4) is 0 Å². The van der Waals surface area contributed by atoms with E-state index in [0.29, 0.717) is 0 Å². The van der Waals surface area contributed by atoms with Gasteiger partial charge in [0, 0.05) is 0 Å². The van der Waals surface area contributed by atoms with Crippen molar-refractivity contribution >= 4 is 5.97 Å². The van der Waals surface area contributed by atoms with Crippen molar-refractivity contribution in [3.05, 3.63) is 0 Å². The van der Waals surface area contributed by atoms with Crippen molar-refractivity contribution in [2.45, 2.75) is 61.5 Å². The van der Waals surface area contributed by atoms with E-state index in [-0.39, 0.29) is 29.8 Å². The molecule has 0 aliphatic rings. The molecule has 0 aromatic carbocycles. The number of carbonyl (C=O) groups is 1. The fourth-order valence-electron chi connectivity index (χ4n) is 3.09. The van der Waals surface area contributed by atoms with Crippen molar-refractivity contribution < 1.29 is 33.4 Å². The third-order valence-corrected chi connectivity index (χ3v) is 5.31. The van der Waals surface area contributed by atoms with Crippen LogP contribution in [0.3, 0.4) is 0 Å². The average Bonchev–Trinajstić information content (AvgIpc) is 2.13. The maximum atomic E-state index is 12.5. The fraction of sp³-hybridized carbons (Fsp3) is 0.929. The van der Waals surface area contributed by atoms with E-state index in [9.17, 15) is 8.12 Å². The maximum absolute atomic E-state index is 12.5. The van der Waals surface area contributed by atoms with Gasteiger partial charge in [0.2, 0.25) is 0 Å². The molecule has 0 saturated carbocycles. The van der Waals surface area contributed by atoms with Gasteiger partial charge in [-0.25, -0.2) is 0 Å². The molecule has 0 bridgehead atoms. The molecule has 19 heavy (non-hydrogen) atoms. The first-order valence-electron chi connectivity index (χ1n) is 6.99. The Morgan fingerprint density at radius 3 is 1.53 bits per heavy atom. The van der Waals surface area contributed by atoms with Crippen molar-refractivity contribution in [1.29, 1.82) is 0 Å². The first kappa shape index (κ1) is 18.9. The second-order valence-corrected chi connectivity index (χ2v) is 7.67. The van der Waals surface area contributed by atoms with Gasteiger partial charge in [-0.2, -0.15) is 0 Å². The first-order valence-corrected chi connectivity index (χ1v) is 8.90. The molecule has 0 radical (unpaired) electrons. The molecule has 4 nitrogen and oxygen atoms in total. The molecule has 0 rings (SSSR count). The van der Waals surface area contributed by atoms with Crippen LogP contribution in [0.5, 0.6) is 0 Å².